The van der Waals surface area contributed by atoms with Crippen LogP contribution in [-0.2, 0) is 57.6 Å². The lowest BCUT2D eigenvalue weighted by molar-refractivity contribution is -0.144. The minimum Gasteiger partial charge on any atom is -0.507 e. The lowest BCUT2D eigenvalue weighted by atomic mass is 9.93. The number of benzene rings is 6. The largest absolute Gasteiger partial charge is 0.507 e. The van der Waals surface area contributed by atoms with Crippen molar-refractivity contribution in [1.29, 1.82) is 0 Å². The maximum atomic E-state index is 12.6. The van der Waals surface area contributed by atoms with Crippen molar-refractivity contribution in [2.24, 2.45) is 0 Å². The van der Waals surface area contributed by atoms with Crippen molar-refractivity contribution >= 4 is 11.9 Å². The van der Waals surface area contributed by atoms with Gasteiger partial charge in [-0.05, 0) is 94.2 Å². The average Bonchev–Trinajstić information content (AvgIpc) is 3.29. The molecule has 6 heteroatoms. The molecule has 2 N–H and O–H groups in total. The summed E-state index contributed by atoms with van der Waals surface area (Å²) in [5, 5.41) is 22.4. The number of rotatable bonds is 25. The molecule has 0 saturated heterocycles. The molecule has 6 nitrogen and oxygen atoms in total. The number of unbranched alkanes of at least 4 members (excludes halogenated alkanes) is 5. The second-order valence-corrected chi connectivity index (χ2v) is 16.4. The summed E-state index contributed by atoms with van der Waals surface area (Å²) in [6.45, 7) is 0.871. The van der Waals surface area contributed by atoms with Crippen molar-refractivity contribution in [2.45, 2.75) is 103 Å². The van der Waals surface area contributed by atoms with Crippen LogP contribution in [0.1, 0.15) is 120 Å². The number of carbonyl (C=O) groups excluding carboxylic acids is 2. The Labute approximate surface area is 368 Å². The Kier molecular flexibility index (Phi) is 18.3. The standard InChI is InChI=1S/C56H62O6/c57-53(31-19-29-47-39-49(35-43-21-9-5-10-22-43)55(59)50(40-47)36-44-23-11-6-12-24-44)61-33-17-3-1-2-4-18-34-62-54(58)32-20-30-48-41-51(37-45-25-13-7-14-26-45)56(60)52(42-48)38-46-27-15-8-16-28-46/h5-16,21-28,39-42,59-60H,1-4,17-20,29-38H2. The van der Waals surface area contributed by atoms with Gasteiger partial charge in [0.1, 0.15) is 11.5 Å². The van der Waals surface area contributed by atoms with Gasteiger partial charge in [-0.2, -0.15) is 0 Å². The van der Waals surface area contributed by atoms with E-state index in [0.717, 1.165) is 107 Å². The van der Waals surface area contributed by atoms with E-state index in [0.29, 0.717) is 76.1 Å². The van der Waals surface area contributed by atoms with Gasteiger partial charge in [0.15, 0.2) is 0 Å². The van der Waals surface area contributed by atoms with Crippen molar-refractivity contribution in [2.75, 3.05) is 13.2 Å². The van der Waals surface area contributed by atoms with E-state index in [2.05, 4.69) is 72.8 Å². The van der Waals surface area contributed by atoms with E-state index in [1.54, 1.807) is 0 Å². The predicted octanol–water partition coefficient (Wildman–Crippen LogP) is 12.2. The zero-order valence-corrected chi connectivity index (χ0v) is 36.1. The fourth-order valence-corrected chi connectivity index (χ4v) is 8.06. The number of esters is 2. The highest BCUT2D eigenvalue weighted by molar-refractivity contribution is 5.69. The molecule has 0 saturated carbocycles. The van der Waals surface area contributed by atoms with Crippen LogP contribution in [0.25, 0.3) is 0 Å². The number of phenolic OH excluding ortho intramolecular Hbond substituents is 2. The summed E-state index contributed by atoms with van der Waals surface area (Å²) in [4.78, 5) is 25.1. The van der Waals surface area contributed by atoms with Crippen LogP contribution in [0.15, 0.2) is 146 Å². The van der Waals surface area contributed by atoms with Gasteiger partial charge in [0.25, 0.3) is 0 Å². The molecule has 6 aromatic carbocycles. The topological polar surface area (TPSA) is 93.1 Å². The Morgan fingerprint density at radius 1 is 0.355 bits per heavy atom. The third kappa shape index (κ3) is 15.4. The summed E-state index contributed by atoms with van der Waals surface area (Å²) in [6.07, 6.45) is 11.9. The van der Waals surface area contributed by atoms with Gasteiger partial charge >= 0.3 is 11.9 Å². The average molecular weight is 831 g/mol. The molecule has 6 aromatic rings. The Balaban J connectivity index is 0.826. The minimum absolute atomic E-state index is 0.164. The van der Waals surface area contributed by atoms with Crippen molar-refractivity contribution in [3.8, 4) is 11.5 Å². The quantitative estimate of drug-likeness (QED) is 0.0441. The van der Waals surface area contributed by atoms with Gasteiger partial charge in [0.2, 0.25) is 0 Å². The van der Waals surface area contributed by atoms with E-state index in [-0.39, 0.29) is 11.9 Å². The van der Waals surface area contributed by atoms with Crippen LogP contribution >= 0.6 is 0 Å². The number of hydrogen-bond donors (Lipinski definition) is 2. The molecule has 0 heterocycles. The number of aromatic hydroxyl groups is 2. The molecule has 0 unspecified atom stereocenters. The normalized spacial score (nSPS) is 11.0. The summed E-state index contributed by atoms with van der Waals surface area (Å²) in [5.74, 6) is 0.369. The summed E-state index contributed by atoms with van der Waals surface area (Å²) < 4.78 is 11.1. The molecule has 0 aliphatic heterocycles. The number of ether oxygens (including phenoxy) is 2. The fraction of sp³-hybridized carbons (Fsp3) is 0.321. The van der Waals surface area contributed by atoms with E-state index in [1.165, 1.54) is 0 Å². The first-order valence-electron chi connectivity index (χ1n) is 22.5. The summed E-state index contributed by atoms with van der Waals surface area (Å²) in [5.41, 5.74) is 10.4. The third-order valence-electron chi connectivity index (χ3n) is 11.4. The number of hydrogen-bond acceptors (Lipinski definition) is 6. The molecule has 0 aliphatic carbocycles. The molecule has 0 atom stereocenters. The number of aryl methyl sites for hydroxylation is 2. The molecule has 0 aliphatic rings. The molecule has 62 heavy (non-hydrogen) atoms. The Morgan fingerprint density at radius 3 is 0.919 bits per heavy atom. The third-order valence-corrected chi connectivity index (χ3v) is 11.4. The van der Waals surface area contributed by atoms with Gasteiger partial charge in [0.05, 0.1) is 13.2 Å². The minimum atomic E-state index is -0.164. The van der Waals surface area contributed by atoms with Crippen molar-refractivity contribution in [3.05, 3.63) is 201 Å². The summed E-state index contributed by atoms with van der Waals surface area (Å²) in [6, 6.07) is 49.1. The molecule has 0 radical (unpaired) electrons. The van der Waals surface area contributed by atoms with Gasteiger partial charge in [0, 0.05) is 38.5 Å². The molecule has 0 spiro atoms. The Morgan fingerprint density at radius 2 is 0.629 bits per heavy atom. The molecule has 0 amide bonds. The van der Waals surface area contributed by atoms with E-state index in [9.17, 15) is 19.8 Å². The number of phenols is 2. The molecular formula is C56H62O6. The van der Waals surface area contributed by atoms with Crippen LogP contribution < -0.4 is 0 Å². The van der Waals surface area contributed by atoms with Crippen molar-refractivity contribution < 1.29 is 29.3 Å². The zero-order valence-electron chi connectivity index (χ0n) is 36.1. The first-order valence-corrected chi connectivity index (χ1v) is 22.5. The van der Waals surface area contributed by atoms with E-state index in [4.69, 9.17) is 9.47 Å². The highest BCUT2D eigenvalue weighted by Gasteiger charge is 2.15. The molecule has 0 aromatic heterocycles. The molecule has 6 rings (SSSR count). The highest BCUT2D eigenvalue weighted by Crippen LogP contribution is 2.31. The highest BCUT2D eigenvalue weighted by atomic mass is 16.5. The molecule has 322 valence electrons. The monoisotopic (exact) mass is 830 g/mol. The van der Waals surface area contributed by atoms with Gasteiger partial charge in [-0.25, -0.2) is 0 Å². The molecular weight excluding hydrogens is 769 g/mol. The maximum Gasteiger partial charge on any atom is 0.305 e. The van der Waals surface area contributed by atoms with Crippen LogP contribution in [0.2, 0.25) is 0 Å². The van der Waals surface area contributed by atoms with Gasteiger partial charge in [-0.3, -0.25) is 9.59 Å². The second kappa shape index (κ2) is 25.0. The predicted molar refractivity (Wildman–Crippen MR) is 249 cm³/mol. The fourth-order valence-electron chi connectivity index (χ4n) is 8.06. The van der Waals surface area contributed by atoms with Crippen LogP contribution in [0.4, 0.5) is 0 Å². The Hall–Kier alpha value is -6.14. The maximum absolute atomic E-state index is 12.6. The first-order chi connectivity index (χ1) is 30.4. The Bertz CT molecular complexity index is 1970. The molecule has 0 fully saturated rings. The van der Waals surface area contributed by atoms with Crippen molar-refractivity contribution in [3.63, 3.8) is 0 Å². The van der Waals surface area contributed by atoms with Crippen molar-refractivity contribution in [1.82, 2.24) is 0 Å². The SMILES string of the molecule is O=C(CCCc1cc(Cc2ccccc2)c(O)c(Cc2ccccc2)c1)OCCCCCCCCOC(=O)CCCc1cc(Cc2ccccc2)c(O)c(Cc2ccccc2)c1. The van der Waals surface area contributed by atoms with Crippen LogP contribution in [-0.4, -0.2) is 35.4 Å². The second-order valence-electron chi connectivity index (χ2n) is 16.4. The van der Waals surface area contributed by atoms with Gasteiger partial charge in [-0.15, -0.1) is 0 Å². The zero-order chi connectivity index (χ0) is 43.2. The lowest BCUT2D eigenvalue weighted by Crippen LogP contribution is -2.07. The van der Waals surface area contributed by atoms with Crippen LogP contribution in [0, 0.1) is 0 Å². The van der Waals surface area contributed by atoms with E-state index in [1.807, 2.05) is 72.8 Å². The summed E-state index contributed by atoms with van der Waals surface area (Å²) in [7, 11) is 0. The lowest BCUT2D eigenvalue weighted by Gasteiger charge is -2.14. The van der Waals surface area contributed by atoms with Gasteiger partial charge in [-0.1, -0.05) is 171 Å². The summed E-state index contributed by atoms with van der Waals surface area (Å²) >= 11 is 0. The van der Waals surface area contributed by atoms with Crippen LogP contribution in [0.3, 0.4) is 0 Å². The van der Waals surface area contributed by atoms with E-state index >= 15 is 0 Å². The van der Waals surface area contributed by atoms with Crippen LogP contribution in [0.5, 0.6) is 11.5 Å². The van der Waals surface area contributed by atoms with Gasteiger partial charge < -0.3 is 19.7 Å². The molecule has 0 bridgehead atoms. The smallest absolute Gasteiger partial charge is 0.305 e. The first kappa shape index (κ1) is 45.4. The van der Waals surface area contributed by atoms with E-state index < -0.39 is 0 Å². The number of carbonyl (C=O) groups is 2.